The van der Waals surface area contributed by atoms with Crippen LogP contribution in [-0.4, -0.2) is 36.4 Å². The third-order valence-electron chi connectivity index (χ3n) is 10.5. The molecule has 0 aliphatic heterocycles. The number of esters is 2. The molecule has 0 aromatic rings. The van der Waals surface area contributed by atoms with E-state index in [9.17, 15) is 14.7 Å². The van der Waals surface area contributed by atoms with Crippen LogP contribution >= 0.6 is 0 Å². The Morgan fingerprint density at radius 1 is 1.06 bits per heavy atom. The smallest absolute Gasteiger partial charge is 0.305 e. The van der Waals surface area contributed by atoms with Gasteiger partial charge in [0.25, 0.3) is 0 Å². The first-order chi connectivity index (χ1) is 14.6. The van der Waals surface area contributed by atoms with Crippen molar-refractivity contribution in [3.05, 3.63) is 0 Å². The summed E-state index contributed by atoms with van der Waals surface area (Å²) in [5.74, 6) is 2.56. The fourth-order valence-electron chi connectivity index (χ4n) is 9.00. The summed E-state index contributed by atoms with van der Waals surface area (Å²) in [4.78, 5) is 24.2. The van der Waals surface area contributed by atoms with E-state index in [0.717, 1.165) is 38.5 Å². The van der Waals surface area contributed by atoms with Gasteiger partial charge in [-0.05, 0) is 92.3 Å². The van der Waals surface area contributed by atoms with Gasteiger partial charge in [-0.2, -0.15) is 0 Å². The van der Waals surface area contributed by atoms with E-state index in [-0.39, 0.29) is 40.9 Å². The highest BCUT2D eigenvalue weighted by Gasteiger charge is 2.65. The molecule has 0 saturated heterocycles. The number of rotatable bonds is 4. The second-order valence-corrected chi connectivity index (χ2v) is 11.7. The van der Waals surface area contributed by atoms with E-state index < -0.39 is 0 Å². The van der Waals surface area contributed by atoms with E-state index in [4.69, 9.17) is 9.47 Å². The first kappa shape index (κ1) is 23.1. The zero-order chi connectivity index (χ0) is 22.6. The molecule has 176 valence electrons. The minimum absolute atomic E-state index is 0.0857. The predicted octanol–water partition coefficient (Wildman–Crippen LogP) is 4.75. The topological polar surface area (TPSA) is 72.8 Å². The van der Waals surface area contributed by atoms with Crippen LogP contribution in [0.2, 0.25) is 0 Å². The van der Waals surface area contributed by atoms with E-state index in [0.29, 0.717) is 36.0 Å². The standard InChI is InChI=1S/C26H42O5/c1-15(12-24(29)30-5)20-8-9-21-19-7-6-17-13-18(28)10-11-25(17,3)22(19)14-23(26(20,21)4)31-16(2)27/h15,17-23,28H,6-14H2,1-5H3/t15?,17-,18+,19?,20?,21?,22?,23-,25?,26?/m0/s1. The van der Waals surface area contributed by atoms with Crippen molar-refractivity contribution in [2.75, 3.05) is 7.11 Å². The van der Waals surface area contributed by atoms with Crippen LogP contribution in [0.4, 0.5) is 0 Å². The number of aliphatic hydroxyl groups is 1. The van der Waals surface area contributed by atoms with Crippen LogP contribution in [0.5, 0.6) is 0 Å². The predicted molar refractivity (Wildman–Crippen MR) is 118 cm³/mol. The van der Waals surface area contributed by atoms with E-state index in [2.05, 4.69) is 20.8 Å². The van der Waals surface area contributed by atoms with Gasteiger partial charge in [0.05, 0.1) is 13.2 Å². The van der Waals surface area contributed by atoms with Gasteiger partial charge in [0, 0.05) is 18.8 Å². The minimum Gasteiger partial charge on any atom is -0.469 e. The summed E-state index contributed by atoms with van der Waals surface area (Å²) in [6, 6.07) is 0. The molecule has 0 radical (unpaired) electrons. The second kappa shape index (κ2) is 8.35. The van der Waals surface area contributed by atoms with Gasteiger partial charge in [-0.25, -0.2) is 0 Å². The molecule has 0 aromatic carbocycles. The molecular weight excluding hydrogens is 392 g/mol. The van der Waals surface area contributed by atoms with Gasteiger partial charge in [0.2, 0.25) is 0 Å². The molecule has 1 N–H and O–H groups in total. The van der Waals surface area contributed by atoms with Crippen LogP contribution in [0.3, 0.4) is 0 Å². The number of carbonyl (C=O) groups is 2. The summed E-state index contributed by atoms with van der Waals surface area (Å²) in [5.41, 5.74) is 0.148. The highest BCUT2D eigenvalue weighted by Crippen LogP contribution is 2.68. The van der Waals surface area contributed by atoms with Gasteiger partial charge < -0.3 is 14.6 Å². The number of ether oxygens (including phenoxy) is 2. The average Bonchev–Trinajstić information content (AvgIpc) is 3.07. The maximum atomic E-state index is 12.2. The zero-order valence-electron chi connectivity index (χ0n) is 20.1. The van der Waals surface area contributed by atoms with Gasteiger partial charge in [-0.1, -0.05) is 20.8 Å². The number of aliphatic hydroxyl groups excluding tert-OH is 1. The SMILES string of the molecule is COC(=O)CC(C)C1CCC2C3CC[C@H]4C[C@H](O)CCC4(C)C3C[C@H](OC(C)=O)C12C. The van der Waals surface area contributed by atoms with Gasteiger partial charge in [-0.15, -0.1) is 0 Å². The lowest BCUT2D eigenvalue weighted by atomic mass is 9.43. The summed E-state index contributed by atoms with van der Waals surface area (Å²) in [7, 11) is 1.46. The molecular formula is C26H42O5. The molecule has 4 aliphatic rings. The average molecular weight is 435 g/mol. The van der Waals surface area contributed by atoms with E-state index in [1.807, 2.05) is 0 Å². The third-order valence-corrected chi connectivity index (χ3v) is 10.5. The van der Waals surface area contributed by atoms with Gasteiger partial charge in [-0.3, -0.25) is 9.59 Å². The molecule has 0 spiro atoms. The Morgan fingerprint density at radius 3 is 2.48 bits per heavy atom. The van der Waals surface area contributed by atoms with Crippen molar-refractivity contribution in [2.45, 2.75) is 97.7 Å². The molecule has 0 bridgehead atoms. The second-order valence-electron chi connectivity index (χ2n) is 11.7. The Balaban J connectivity index is 1.66. The van der Waals surface area contributed by atoms with E-state index >= 15 is 0 Å². The summed E-state index contributed by atoms with van der Waals surface area (Å²) in [5, 5.41) is 10.3. The summed E-state index contributed by atoms with van der Waals surface area (Å²) >= 11 is 0. The van der Waals surface area contributed by atoms with Crippen LogP contribution in [0.25, 0.3) is 0 Å². The van der Waals surface area contributed by atoms with E-state index in [1.165, 1.54) is 26.9 Å². The number of carbonyl (C=O) groups excluding carboxylic acids is 2. The molecule has 0 aromatic heterocycles. The molecule has 4 rings (SSSR count). The Bertz CT molecular complexity index is 706. The van der Waals surface area contributed by atoms with Crippen LogP contribution < -0.4 is 0 Å². The first-order valence-corrected chi connectivity index (χ1v) is 12.5. The minimum atomic E-state index is -0.189. The number of fused-ring (bicyclic) bond motifs is 5. The van der Waals surface area contributed by atoms with E-state index in [1.54, 1.807) is 0 Å². The fourth-order valence-corrected chi connectivity index (χ4v) is 9.00. The molecule has 31 heavy (non-hydrogen) atoms. The molecule has 4 fully saturated rings. The maximum absolute atomic E-state index is 12.2. The lowest BCUT2D eigenvalue weighted by Crippen LogP contribution is -2.59. The zero-order valence-corrected chi connectivity index (χ0v) is 20.1. The molecule has 10 atom stereocenters. The largest absolute Gasteiger partial charge is 0.469 e. The van der Waals surface area contributed by atoms with Crippen LogP contribution in [0, 0.1) is 46.3 Å². The lowest BCUT2D eigenvalue weighted by molar-refractivity contribution is -0.196. The fraction of sp³-hybridized carbons (Fsp3) is 0.923. The Hall–Kier alpha value is -1.10. The molecule has 7 unspecified atom stereocenters. The van der Waals surface area contributed by atoms with Crippen molar-refractivity contribution >= 4 is 11.9 Å². The molecule has 5 heteroatoms. The Morgan fingerprint density at radius 2 is 1.81 bits per heavy atom. The van der Waals surface area contributed by atoms with Crippen LogP contribution in [0.1, 0.15) is 85.5 Å². The van der Waals surface area contributed by atoms with Crippen molar-refractivity contribution < 1.29 is 24.2 Å². The molecule has 0 heterocycles. The summed E-state index contributed by atoms with van der Waals surface area (Å²) in [6.07, 6.45) is 8.73. The Labute approximate surface area is 187 Å². The Kier molecular flexibility index (Phi) is 6.22. The summed E-state index contributed by atoms with van der Waals surface area (Å²) in [6.45, 7) is 8.52. The van der Waals surface area contributed by atoms with Crippen molar-refractivity contribution in [1.82, 2.24) is 0 Å². The third kappa shape index (κ3) is 3.73. The normalized spacial score (nSPS) is 47.5. The molecule has 4 aliphatic carbocycles. The van der Waals surface area contributed by atoms with Gasteiger partial charge in [0.1, 0.15) is 6.10 Å². The maximum Gasteiger partial charge on any atom is 0.305 e. The first-order valence-electron chi connectivity index (χ1n) is 12.5. The molecule has 4 saturated carbocycles. The number of methoxy groups -OCH3 is 1. The van der Waals surface area contributed by atoms with Crippen LogP contribution in [-0.2, 0) is 19.1 Å². The van der Waals surface area contributed by atoms with Gasteiger partial charge in [0.15, 0.2) is 0 Å². The number of hydrogen-bond acceptors (Lipinski definition) is 5. The summed E-state index contributed by atoms with van der Waals surface area (Å²) < 4.78 is 11.1. The molecule has 5 nitrogen and oxygen atoms in total. The number of hydrogen-bond donors (Lipinski definition) is 1. The van der Waals surface area contributed by atoms with Crippen molar-refractivity contribution in [2.24, 2.45) is 46.3 Å². The quantitative estimate of drug-likeness (QED) is 0.647. The monoisotopic (exact) mass is 434 g/mol. The van der Waals surface area contributed by atoms with Crippen molar-refractivity contribution in [1.29, 1.82) is 0 Å². The highest BCUT2D eigenvalue weighted by molar-refractivity contribution is 5.69. The van der Waals surface area contributed by atoms with Crippen LogP contribution in [0.15, 0.2) is 0 Å². The highest BCUT2D eigenvalue weighted by atomic mass is 16.5. The van der Waals surface area contributed by atoms with Crippen molar-refractivity contribution in [3.8, 4) is 0 Å². The lowest BCUT2D eigenvalue weighted by Gasteiger charge is -2.62. The van der Waals surface area contributed by atoms with Crippen molar-refractivity contribution in [3.63, 3.8) is 0 Å². The van der Waals surface area contributed by atoms with Gasteiger partial charge >= 0.3 is 11.9 Å². The molecule has 0 amide bonds.